The van der Waals surface area contributed by atoms with Crippen molar-refractivity contribution in [2.24, 2.45) is 5.92 Å². The number of carboxylic acid groups (broad SMARTS) is 1. The fraction of sp³-hybridized carbons (Fsp3) is 0.615. The van der Waals surface area contributed by atoms with Crippen LogP contribution in [0.15, 0.2) is 12.4 Å². The summed E-state index contributed by atoms with van der Waals surface area (Å²) in [6, 6.07) is -0.863. The number of aliphatic carboxylic acids is 1. The predicted octanol–water partition coefficient (Wildman–Crippen LogP) is -0.243. The summed E-state index contributed by atoms with van der Waals surface area (Å²) in [5.41, 5.74) is 0. The molecular weight excluding hydrogens is 262 g/mol. The lowest BCUT2D eigenvalue weighted by molar-refractivity contribution is -0.160. The van der Waals surface area contributed by atoms with E-state index in [1.807, 2.05) is 10.8 Å². The number of amides is 1. The van der Waals surface area contributed by atoms with Gasteiger partial charge in [-0.25, -0.2) is 9.78 Å². The van der Waals surface area contributed by atoms with Gasteiger partial charge in [0.1, 0.15) is 5.82 Å². The van der Waals surface area contributed by atoms with E-state index in [2.05, 4.69) is 4.98 Å². The second-order valence-electron chi connectivity index (χ2n) is 5.19. The molecule has 0 bridgehead atoms. The van der Waals surface area contributed by atoms with Gasteiger partial charge in [-0.1, -0.05) is 0 Å². The third kappa shape index (κ3) is 2.29. The van der Waals surface area contributed by atoms with Crippen LogP contribution in [0, 0.1) is 5.92 Å². The number of imidazole rings is 1. The van der Waals surface area contributed by atoms with Gasteiger partial charge in [0.25, 0.3) is 0 Å². The molecule has 108 valence electrons. The number of carbonyl (C=O) groups is 2. The average Bonchev–Trinajstić information content (AvgIpc) is 2.93. The Morgan fingerprint density at radius 1 is 1.40 bits per heavy atom. The minimum absolute atomic E-state index is 0.0718. The number of morpholine rings is 1. The van der Waals surface area contributed by atoms with Gasteiger partial charge in [-0.05, 0) is 6.42 Å². The molecule has 0 saturated carbocycles. The van der Waals surface area contributed by atoms with Gasteiger partial charge < -0.3 is 19.3 Å². The Kier molecular flexibility index (Phi) is 3.43. The van der Waals surface area contributed by atoms with Gasteiger partial charge in [-0.2, -0.15) is 0 Å². The van der Waals surface area contributed by atoms with E-state index < -0.39 is 12.0 Å². The van der Waals surface area contributed by atoms with Crippen LogP contribution in [0.3, 0.4) is 0 Å². The predicted molar refractivity (Wildman–Crippen MR) is 68.0 cm³/mol. The van der Waals surface area contributed by atoms with Crippen molar-refractivity contribution >= 4 is 11.9 Å². The maximum absolute atomic E-state index is 12.6. The molecule has 2 unspecified atom stereocenters. The molecule has 1 amide bonds. The first kappa shape index (κ1) is 13.1. The molecule has 2 aliphatic rings. The highest BCUT2D eigenvalue weighted by Gasteiger charge is 2.37. The van der Waals surface area contributed by atoms with Gasteiger partial charge in [0.05, 0.1) is 13.2 Å². The van der Waals surface area contributed by atoms with Crippen molar-refractivity contribution in [3.63, 3.8) is 0 Å². The molecule has 0 spiro atoms. The van der Waals surface area contributed by atoms with Crippen LogP contribution in [0.4, 0.5) is 0 Å². The van der Waals surface area contributed by atoms with E-state index in [0.29, 0.717) is 19.6 Å². The van der Waals surface area contributed by atoms with E-state index >= 15 is 0 Å². The molecule has 20 heavy (non-hydrogen) atoms. The van der Waals surface area contributed by atoms with Gasteiger partial charge >= 0.3 is 5.97 Å². The Morgan fingerprint density at radius 2 is 2.25 bits per heavy atom. The molecule has 1 aromatic heterocycles. The number of aromatic nitrogens is 2. The Morgan fingerprint density at radius 3 is 3.05 bits per heavy atom. The largest absolute Gasteiger partial charge is 0.480 e. The topological polar surface area (TPSA) is 84.7 Å². The first-order chi connectivity index (χ1) is 9.66. The summed E-state index contributed by atoms with van der Waals surface area (Å²) in [5, 5.41) is 9.19. The van der Waals surface area contributed by atoms with Crippen LogP contribution in [0.2, 0.25) is 0 Å². The van der Waals surface area contributed by atoms with E-state index in [1.165, 1.54) is 4.90 Å². The summed E-state index contributed by atoms with van der Waals surface area (Å²) in [5.74, 6) is -0.370. The number of rotatable bonds is 2. The fourth-order valence-electron chi connectivity index (χ4n) is 2.87. The number of aryl methyl sites for hydroxylation is 1. The summed E-state index contributed by atoms with van der Waals surface area (Å²) >= 11 is 0. The maximum Gasteiger partial charge on any atom is 0.328 e. The van der Waals surface area contributed by atoms with Gasteiger partial charge in [-0.15, -0.1) is 0 Å². The quantitative estimate of drug-likeness (QED) is 0.807. The molecular formula is C13H17N3O4. The zero-order valence-corrected chi connectivity index (χ0v) is 11.1. The first-order valence-corrected chi connectivity index (χ1v) is 6.78. The standard InChI is InChI=1S/C13H17N3O4/c17-12(16-5-6-20-8-10(16)13(18)19)9-1-3-15-4-2-14-11(15)7-9/h2,4,9-10H,1,3,5-8H2,(H,18,19). The summed E-state index contributed by atoms with van der Waals surface area (Å²) in [7, 11) is 0. The average molecular weight is 279 g/mol. The highest BCUT2D eigenvalue weighted by molar-refractivity contribution is 5.85. The van der Waals surface area contributed by atoms with Gasteiger partial charge in [0, 0.05) is 37.8 Å². The van der Waals surface area contributed by atoms with Crippen LogP contribution >= 0.6 is 0 Å². The summed E-state index contributed by atoms with van der Waals surface area (Å²) in [6.45, 7) is 1.58. The van der Waals surface area contributed by atoms with Crippen LogP contribution in [-0.4, -0.2) is 57.2 Å². The van der Waals surface area contributed by atoms with Crippen molar-refractivity contribution in [1.29, 1.82) is 0 Å². The molecule has 1 fully saturated rings. The summed E-state index contributed by atoms with van der Waals surface area (Å²) in [4.78, 5) is 29.5. The zero-order valence-electron chi connectivity index (χ0n) is 11.1. The van der Waals surface area contributed by atoms with Gasteiger partial charge in [-0.3, -0.25) is 4.79 Å². The van der Waals surface area contributed by atoms with Gasteiger partial charge in [0.2, 0.25) is 5.91 Å². The second-order valence-corrected chi connectivity index (χ2v) is 5.19. The van der Waals surface area contributed by atoms with E-state index in [4.69, 9.17) is 4.74 Å². The molecule has 3 rings (SSSR count). The molecule has 0 radical (unpaired) electrons. The summed E-state index contributed by atoms with van der Waals surface area (Å²) < 4.78 is 7.20. The monoisotopic (exact) mass is 279 g/mol. The van der Waals surface area contributed by atoms with E-state index in [0.717, 1.165) is 18.8 Å². The van der Waals surface area contributed by atoms with E-state index in [1.54, 1.807) is 6.20 Å². The molecule has 0 aromatic carbocycles. The highest BCUT2D eigenvalue weighted by Crippen LogP contribution is 2.23. The van der Waals surface area contributed by atoms with Crippen molar-refractivity contribution < 1.29 is 19.4 Å². The molecule has 7 heteroatoms. The molecule has 2 atom stereocenters. The third-order valence-corrected chi connectivity index (χ3v) is 3.99. The lowest BCUT2D eigenvalue weighted by Crippen LogP contribution is -2.54. The minimum atomic E-state index is -1.00. The number of carbonyl (C=O) groups excluding carboxylic acids is 1. The van der Waals surface area contributed by atoms with Crippen molar-refractivity contribution in [3.8, 4) is 0 Å². The molecule has 1 N–H and O–H groups in total. The lowest BCUT2D eigenvalue weighted by atomic mass is 9.95. The number of ether oxygens (including phenoxy) is 1. The number of fused-ring (bicyclic) bond motifs is 1. The third-order valence-electron chi connectivity index (χ3n) is 3.99. The molecule has 1 saturated heterocycles. The Balaban J connectivity index is 1.73. The van der Waals surface area contributed by atoms with Crippen LogP contribution in [0.5, 0.6) is 0 Å². The molecule has 3 heterocycles. The van der Waals surface area contributed by atoms with Crippen LogP contribution in [0.25, 0.3) is 0 Å². The van der Waals surface area contributed by atoms with Crippen molar-refractivity contribution in [2.75, 3.05) is 19.8 Å². The second kappa shape index (κ2) is 5.24. The SMILES string of the molecule is O=C(O)C1COCCN1C(=O)C1CCn2ccnc2C1. The van der Waals surface area contributed by atoms with Crippen LogP contribution in [0.1, 0.15) is 12.2 Å². The van der Waals surface area contributed by atoms with Crippen LogP contribution < -0.4 is 0 Å². The number of nitrogens with zero attached hydrogens (tertiary/aromatic N) is 3. The Bertz CT molecular complexity index is 527. The maximum atomic E-state index is 12.6. The molecule has 2 aliphatic heterocycles. The number of hydrogen-bond acceptors (Lipinski definition) is 4. The number of hydrogen-bond donors (Lipinski definition) is 1. The lowest BCUT2D eigenvalue weighted by Gasteiger charge is -2.36. The van der Waals surface area contributed by atoms with E-state index in [-0.39, 0.29) is 18.4 Å². The zero-order chi connectivity index (χ0) is 14.1. The Labute approximate surface area is 116 Å². The first-order valence-electron chi connectivity index (χ1n) is 6.78. The number of carboxylic acids is 1. The van der Waals surface area contributed by atoms with Crippen molar-refractivity contribution in [2.45, 2.75) is 25.4 Å². The Hall–Kier alpha value is -1.89. The fourth-order valence-corrected chi connectivity index (χ4v) is 2.87. The highest BCUT2D eigenvalue weighted by atomic mass is 16.5. The molecule has 0 aliphatic carbocycles. The van der Waals surface area contributed by atoms with Crippen molar-refractivity contribution in [1.82, 2.24) is 14.5 Å². The summed E-state index contributed by atoms with van der Waals surface area (Å²) in [6.07, 6.45) is 4.95. The minimum Gasteiger partial charge on any atom is -0.480 e. The van der Waals surface area contributed by atoms with Gasteiger partial charge in [0.15, 0.2) is 6.04 Å². The molecule has 7 nitrogen and oxygen atoms in total. The smallest absolute Gasteiger partial charge is 0.328 e. The van der Waals surface area contributed by atoms with Crippen LogP contribution in [-0.2, 0) is 27.3 Å². The van der Waals surface area contributed by atoms with E-state index in [9.17, 15) is 14.7 Å². The molecule has 1 aromatic rings. The normalized spacial score (nSPS) is 26.1. The van der Waals surface area contributed by atoms with Crippen molar-refractivity contribution in [3.05, 3.63) is 18.2 Å².